The molecule has 0 unspecified atom stereocenters. The van der Waals surface area contributed by atoms with Gasteiger partial charge in [-0.3, -0.25) is 4.79 Å². The molecule has 0 radical (unpaired) electrons. The molecular weight excluding hydrogens is 437 g/mol. The van der Waals surface area contributed by atoms with Gasteiger partial charge in [-0.15, -0.1) is 0 Å². The molecule has 132 valence electrons. The van der Waals surface area contributed by atoms with Crippen molar-refractivity contribution in [1.82, 2.24) is 4.98 Å². The first-order chi connectivity index (χ1) is 11.9. The number of aromatic nitrogens is 1. The number of Topliss-reactive ketones (excluding diaryl/α,β-unsaturated/α-hetero) is 1. The third-order valence-electron chi connectivity index (χ3n) is 3.62. The molecule has 0 saturated carbocycles. The highest BCUT2D eigenvalue weighted by Crippen LogP contribution is 2.20. The molecule has 0 atom stereocenters. The lowest BCUT2D eigenvalue weighted by molar-refractivity contribution is 0.0471. The fourth-order valence-electron chi connectivity index (χ4n) is 2.45. The minimum absolute atomic E-state index is 0.246. The summed E-state index contributed by atoms with van der Waals surface area (Å²) in [5.41, 5.74) is 2.03. The lowest BCUT2D eigenvalue weighted by atomic mass is 10.1. The number of ketones is 1. The van der Waals surface area contributed by atoms with E-state index >= 15 is 0 Å². The molecule has 0 aliphatic carbocycles. The molecule has 0 amide bonds. The number of carbonyl (C=O) groups excluding carboxylic acids is 3. The molecule has 0 saturated heterocycles. The second-order valence-corrected chi connectivity index (χ2v) is 6.49. The monoisotopic (exact) mass is 455 g/mol. The van der Waals surface area contributed by atoms with E-state index in [1.54, 1.807) is 39.0 Å². The summed E-state index contributed by atoms with van der Waals surface area (Å²) in [4.78, 5) is 39.3. The Kier molecular flexibility index (Phi) is 6.35. The highest BCUT2D eigenvalue weighted by molar-refractivity contribution is 14.1. The predicted molar refractivity (Wildman–Crippen MR) is 100.0 cm³/mol. The van der Waals surface area contributed by atoms with Crippen LogP contribution in [0.1, 0.15) is 49.4 Å². The van der Waals surface area contributed by atoms with Crippen molar-refractivity contribution in [2.75, 3.05) is 13.2 Å². The molecule has 7 heteroatoms. The molecule has 1 aromatic heterocycles. The highest BCUT2D eigenvalue weighted by atomic mass is 127. The average molecular weight is 455 g/mol. The standard InChI is InChI=1S/C18H18INO5/c1-4-24-18(23)15-10(2)16(20-11(15)3)14(21)9-25-17(22)12-7-5-6-8-13(12)19/h5-8,20H,4,9H2,1-3H3. The molecule has 0 bridgehead atoms. The molecule has 0 fully saturated rings. The lowest BCUT2D eigenvalue weighted by Gasteiger charge is -2.06. The van der Waals surface area contributed by atoms with E-state index in [9.17, 15) is 14.4 Å². The van der Waals surface area contributed by atoms with Gasteiger partial charge in [0, 0.05) is 9.26 Å². The number of rotatable bonds is 6. The van der Waals surface area contributed by atoms with Crippen LogP contribution in [0.4, 0.5) is 0 Å². The van der Waals surface area contributed by atoms with E-state index in [1.807, 2.05) is 28.7 Å². The number of aryl methyl sites for hydroxylation is 1. The summed E-state index contributed by atoms with van der Waals surface area (Å²) < 4.78 is 10.8. The topological polar surface area (TPSA) is 85.5 Å². The summed E-state index contributed by atoms with van der Waals surface area (Å²) in [6.45, 7) is 4.90. The Bertz CT molecular complexity index is 825. The normalized spacial score (nSPS) is 10.4. The van der Waals surface area contributed by atoms with Gasteiger partial charge in [-0.1, -0.05) is 12.1 Å². The maximum Gasteiger partial charge on any atom is 0.340 e. The van der Waals surface area contributed by atoms with Crippen LogP contribution < -0.4 is 0 Å². The van der Waals surface area contributed by atoms with Gasteiger partial charge in [-0.05, 0) is 61.1 Å². The van der Waals surface area contributed by atoms with E-state index in [1.165, 1.54) is 0 Å². The van der Waals surface area contributed by atoms with Crippen LogP contribution in [-0.2, 0) is 9.47 Å². The molecule has 25 heavy (non-hydrogen) atoms. The van der Waals surface area contributed by atoms with Crippen molar-refractivity contribution in [3.8, 4) is 0 Å². The number of hydrogen-bond donors (Lipinski definition) is 1. The summed E-state index contributed by atoms with van der Waals surface area (Å²) in [5, 5.41) is 0. The molecule has 0 aliphatic rings. The Morgan fingerprint density at radius 2 is 1.76 bits per heavy atom. The van der Waals surface area contributed by atoms with Crippen molar-refractivity contribution in [2.24, 2.45) is 0 Å². The summed E-state index contributed by atoms with van der Waals surface area (Å²) >= 11 is 2.03. The lowest BCUT2D eigenvalue weighted by Crippen LogP contribution is -2.16. The van der Waals surface area contributed by atoms with Crippen molar-refractivity contribution in [3.05, 3.63) is 55.9 Å². The van der Waals surface area contributed by atoms with Crippen molar-refractivity contribution >= 4 is 40.3 Å². The summed E-state index contributed by atoms with van der Waals surface area (Å²) in [5.74, 6) is -1.45. The summed E-state index contributed by atoms with van der Waals surface area (Å²) in [7, 11) is 0. The van der Waals surface area contributed by atoms with Crippen LogP contribution >= 0.6 is 22.6 Å². The smallest absolute Gasteiger partial charge is 0.340 e. The number of H-pyrrole nitrogens is 1. The SMILES string of the molecule is CCOC(=O)c1c(C)[nH]c(C(=O)COC(=O)c2ccccc2I)c1C. The molecule has 6 nitrogen and oxygen atoms in total. The third-order valence-corrected chi connectivity index (χ3v) is 4.56. The van der Waals surface area contributed by atoms with Gasteiger partial charge in [0.1, 0.15) is 0 Å². The van der Waals surface area contributed by atoms with Crippen molar-refractivity contribution in [2.45, 2.75) is 20.8 Å². The molecule has 0 spiro atoms. The minimum Gasteiger partial charge on any atom is -0.462 e. The first-order valence-corrected chi connectivity index (χ1v) is 8.75. The van der Waals surface area contributed by atoms with Crippen LogP contribution in [0, 0.1) is 17.4 Å². The maximum absolute atomic E-state index is 12.4. The van der Waals surface area contributed by atoms with Crippen LogP contribution in [0.15, 0.2) is 24.3 Å². The van der Waals surface area contributed by atoms with Gasteiger partial charge in [-0.25, -0.2) is 9.59 Å². The van der Waals surface area contributed by atoms with Gasteiger partial charge in [0.25, 0.3) is 0 Å². The zero-order valence-electron chi connectivity index (χ0n) is 14.1. The Balaban J connectivity index is 2.12. The average Bonchev–Trinajstić information content (AvgIpc) is 2.87. The number of benzene rings is 1. The van der Waals surface area contributed by atoms with Crippen LogP contribution in [0.2, 0.25) is 0 Å². The number of carbonyl (C=O) groups is 3. The number of esters is 2. The van der Waals surface area contributed by atoms with Gasteiger partial charge in [0.05, 0.1) is 23.4 Å². The summed E-state index contributed by atoms with van der Waals surface area (Å²) in [6, 6.07) is 6.96. The van der Waals surface area contributed by atoms with Crippen molar-refractivity contribution in [1.29, 1.82) is 0 Å². The van der Waals surface area contributed by atoms with E-state index < -0.39 is 24.3 Å². The zero-order chi connectivity index (χ0) is 18.6. The van der Waals surface area contributed by atoms with E-state index in [0.717, 1.165) is 3.57 Å². The van der Waals surface area contributed by atoms with Crippen LogP contribution in [-0.4, -0.2) is 35.9 Å². The molecule has 1 aromatic carbocycles. The van der Waals surface area contributed by atoms with E-state index in [-0.39, 0.29) is 12.3 Å². The van der Waals surface area contributed by atoms with Gasteiger partial charge in [0.15, 0.2) is 6.61 Å². The third kappa shape index (κ3) is 4.28. The fraction of sp³-hybridized carbons (Fsp3) is 0.278. The Morgan fingerprint density at radius 3 is 2.40 bits per heavy atom. The molecular formula is C18H18INO5. The largest absolute Gasteiger partial charge is 0.462 e. The van der Waals surface area contributed by atoms with Crippen LogP contribution in [0.5, 0.6) is 0 Å². The molecule has 1 heterocycles. The van der Waals surface area contributed by atoms with Crippen molar-refractivity contribution in [3.63, 3.8) is 0 Å². The summed E-state index contributed by atoms with van der Waals surface area (Å²) in [6.07, 6.45) is 0. The highest BCUT2D eigenvalue weighted by Gasteiger charge is 2.23. The van der Waals surface area contributed by atoms with Gasteiger partial charge < -0.3 is 14.5 Å². The van der Waals surface area contributed by atoms with Crippen LogP contribution in [0.25, 0.3) is 0 Å². The molecule has 2 aromatic rings. The zero-order valence-corrected chi connectivity index (χ0v) is 16.3. The second kappa shape index (κ2) is 8.28. The van der Waals surface area contributed by atoms with E-state index in [2.05, 4.69) is 4.98 Å². The van der Waals surface area contributed by atoms with Gasteiger partial charge in [-0.2, -0.15) is 0 Å². The number of hydrogen-bond acceptors (Lipinski definition) is 5. The first kappa shape index (κ1) is 19.2. The van der Waals surface area contributed by atoms with Crippen molar-refractivity contribution < 1.29 is 23.9 Å². The quantitative estimate of drug-likeness (QED) is 0.410. The Morgan fingerprint density at radius 1 is 1.08 bits per heavy atom. The first-order valence-electron chi connectivity index (χ1n) is 7.67. The van der Waals surface area contributed by atoms with E-state index in [0.29, 0.717) is 22.4 Å². The fourth-order valence-corrected chi connectivity index (χ4v) is 3.05. The maximum atomic E-state index is 12.4. The second-order valence-electron chi connectivity index (χ2n) is 5.32. The number of ether oxygens (including phenoxy) is 2. The predicted octanol–water partition coefficient (Wildman–Crippen LogP) is 3.45. The minimum atomic E-state index is -0.565. The Labute approximate surface area is 159 Å². The van der Waals surface area contributed by atoms with E-state index in [4.69, 9.17) is 9.47 Å². The van der Waals surface area contributed by atoms with Crippen LogP contribution in [0.3, 0.4) is 0 Å². The molecule has 0 aliphatic heterocycles. The number of nitrogens with one attached hydrogen (secondary N) is 1. The number of aromatic amines is 1. The van der Waals surface area contributed by atoms with Gasteiger partial charge >= 0.3 is 11.9 Å². The van der Waals surface area contributed by atoms with Gasteiger partial charge in [0.2, 0.25) is 5.78 Å². The molecule has 1 N–H and O–H groups in total. The molecule has 2 rings (SSSR count). The number of halogens is 1. The Hall–Kier alpha value is -2.16.